The minimum absolute atomic E-state index is 0.00277. The molecule has 1 aromatic heterocycles. The Morgan fingerprint density at radius 3 is 2.96 bits per heavy atom. The molecule has 1 aromatic carbocycles. The van der Waals surface area contributed by atoms with Crippen molar-refractivity contribution in [2.24, 2.45) is 0 Å². The Morgan fingerprint density at radius 1 is 1.48 bits per heavy atom. The molecule has 4 nitrogen and oxygen atoms in total. The van der Waals surface area contributed by atoms with Crippen LogP contribution in [0.2, 0.25) is 0 Å². The molecule has 0 aliphatic heterocycles. The number of halogens is 1. The van der Waals surface area contributed by atoms with Crippen LogP contribution in [0.4, 0.5) is 0 Å². The molecule has 0 aliphatic rings. The zero-order chi connectivity index (χ0) is 16.8. The normalized spacial score (nSPS) is 11.1. The molecule has 1 heterocycles. The Balaban J connectivity index is 2.40. The molecule has 0 N–H and O–H groups in total. The van der Waals surface area contributed by atoms with Crippen LogP contribution in [0.5, 0.6) is 0 Å². The SMILES string of the molecule is C=C(C)CSc1nc2ccc(Br)cc2c(=O)n1CCCOCC. The molecule has 0 saturated carbocycles. The fraction of sp³-hybridized carbons (Fsp3) is 0.412. The molecule has 124 valence electrons. The second kappa shape index (κ2) is 8.66. The molecule has 0 saturated heterocycles. The lowest BCUT2D eigenvalue weighted by atomic mass is 10.2. The predicted octanol–water partition coefficient (Wildman–Crippen LogP) is 4.25. The smallest absolute Gasteiger partial charge is 0.262 e. The number of hydrogen-bond donors (Lipinski definition) is 0. The lowest BCUT2D eigenvalue weighted by molar-refractivity contribution is 0.140. The van der Waals surface area contributed by atoms with Gasteiger partial charge in [0, 0.05) is 30.0 Å². The van der Waals surface area contributed by atoms with Crippen LogP contribution in [0.25, 0.3) is 10.9 Å². The summed E-state index contributed by atoms with van der Waals surface area (Å²) < 4.78 is 8.01. The van der Waals surface area contributed by atoms with Crippen molar-refractivity contribution in [2.75, 3.05) is 19.0 Å². The van der Waals surface area contributed by atoms with Gasteiger partial charge in [-0.05, 0) is 38.5 Å². The number of nitrogens with zero attached hydrogens (tertiary/aromatic N) is 2. The summed E-state index contributed by atoms with van der Waals surface area (Å²) in [7, 11) is 0. The highest BCUT2D eigenvalue weighted by atomic mass is 79.9. The zero-order valence-electron chi connectivity index (χ0n) is 13.5. The summed E-state index contributed by atoms with van der Waals surface area (Å²) in [5, 5.41) is 1.37. The molecule has 2 rings (SSSR count). The zero-order valence-corrected chi connectivity index (χ0v) is 15.9. The van der Waals surface area contributed by atoms with Crippen molar-refractivity contribution in [3.8, 4) is 0 Å². The predicted molar refractivity (Wildman–Crippen MR) is 100 cm³/mol. The fourth-order valence-corrected chi connectivity index (χ4v) is 3.37. The Bertz CT molecular complexity index is 758. The summed E-state index contributed by atoms with van der Waals surface area (Å²) in [5.74, 6) is 0.750. The first-order chi connectivity index (χ1) is 11.0. The van der Waals surface area contributed by atoms with Crippen molar-refractivity contribution in [1.82, 2.24) is 9.55 Å². The van der Waals surface area contributed by atoms with Gasteiger partial charge in [0.1, 0.15) is 0 Å². The van der Waals surface area contributed by atoms with E-state index in [2.05, 4.69) is 27.5 Å². The standard InChI is InChI=1S/C17H21BrN2O2S/c1-4-22-9-5-8-20-16(21)14-10-13(18)6-7-15(14)19-17(20)23-11-12(2)3/h6-7,10H,2,4-5,8-9,11H2,1,3H3. The van der Waals surface area contributed by atoms with Crippen molar-refractivity contribution >= 4 is 38.6 Å². The lowest BCUT2D eigenvalue weighted by Gasteiger charge is -2.13. The van der Waals surface area contributed by atoms with E-state index in [9.17, 15) is 4.79 Å². The fourth-order valence-electron chi connectivity index (χ4n) is 2.14. The quantitative estimate of drug-likeness (QED) is 0.289. The third-order valence-corrected chi connectivity index (χ3v) is 4.90. The molecule has 0 aliphatic carbocycles. The van der Waals surface area contributed by atoms with E-state index in [1.807, 2.05) is 32.0 Å². The van der Waals surface area contributed by atoms with E-state index in [0.717, 1.165) is 32.9 Å². The highest BCUT2D eigenvalue weighted by Crippen LogP contribution is 2.22. The molecule has 0 amide bonds. The van der Waals surface area contributed by atoms with E-state index in [-0.39, 0.29) is 5.56 Å². The van der Waals surface area contributed by atoms with Crippen molar-refractivity contribution in [1.29, 1.82) is 0 Å². The van der Waals surface area contributed by atoms with E-state index in [1.54, 1.807) is 16.3 Å². The third kappa shape index (κ3) is 4.93. The van der Waals surface area contributed by atoms with Gasteiger partial charge in [0.15, 0.2) is 5.16 Å². The molecular formula is C17H21BrN2O2S. The maximum atomic E-state index is 12.8. The monoisotopic (exact) mass is 396 g/mol. The maximum absolute atomic E-state index is 12.8. The summed E-state index contributed by atoms with van der Waals surface area (Å²) in [6, 6.07) is 5.61. The topological polar surface area (TPSA) is 44.1 Å². The average Bonchev–Trinajstić information content (AvgIpc) is 2.52. The average molecular weight is 397 g/mol. The minimum Gasteiger partial charge on any atom is -0.382 e. The Hall–Kier alpha value is -1.11. The first-order valence-corrected chi connectivity index (χ1v) is 9.35. The Labute approximate surface area is 149 Å². The number of ether oxygens (including phenoxy) is 1. The molecule has 2 aromatic rings. The molecule has 0 radical (unpaired) electrons. The van der Waals surface area contributed by atoms with Crippen LogP contribution in [0.15, 0.2) is 44.8 Å². The van der Waals surface area contributed by atoms with E-state index in [0.29, 0.717) is 25.1 Å². The van der Waals surface area contributed by atoms with Gasteiger partial charge in [-0.3, -0.25) is 9.36 Å². The van der Waals surface area contributed by atoms with Gasteiger partial charge in [-0.15, -0.1) is 0 Å². The van der Waals surface area contributed by atoms with E-state index in [4.69, 9.17) is 4.74 Å². The Morgan fingerprint density at radius 2 is 2.26 bits per heavy atom. The van der Waals surface area contributed by atoms with Crippen molar-refractivity contribution in [3.05, 3.63) is 45.2 Å². The highest BCUT2D eigenvalue weighted by molar-refractivity contribution is 9.10. The summed E-state index contributed by atoms with van der Waals surface area (Å²) in [4.78, 5) is 17.5. The maximum Gasteiger partial charge on any atom is 0.262 e. The summed E-state index contributed by atoms with van der Waals surface area (Å²) >= 11 is 4.97. The van der Waals surface area contributed by atoms with Crippen LogP contribution in [-0.2, 0) is 11.3 Å². The van der Waals surface area contributed by atoms with Crippen LogP contribution >= 0.6 is 27.7 Å². The van der Waals surface area contributed by atoms with Crippen LogP contribution in [0.3, 0.4) is 0 Å². The van der Waals surface area contributed by atoms with Crippen molar-refractivity contribution < 1.29 is 4.74 Å². The van der Waals surface area contributed by atoms with Gasteiger partial charge < -0.3 is 4.74 Å². The molecule has 0 unspecified atom stereocenters. The number of aromatic nitrogens is 2. The lowest BCUT2D eigenvalue weighted by Crippen LogP contribution is -2.24. The first-order valence-electron chi connectivity index (χ1n) is 7.58. The number of thioether (sulfide) groups is 1. The minimum atomic E-state index is -0.00277. The van der Waals surface area contributed by atoms with Gasteiger partial charge in [0.25, 0.3) is 5.56 Å². The molecule has 0 atom stereocenters. The van der Waals surface area contributed by atoms with Gasteiger partial charge in [0.2, 0.25) is 0 Å². The Kier molecular flexibility index (Phi) is 6.87. The highest BCUT2D eigenvalue weighted by Gasteiger charge is 2.12. The summed E-state index contributed by atoms with van der Waals surface area (Å²) in [5.41, 5.74) is 1.78. The van der Waals surface area contributed by atoms with Crippen LogP contribution in [0.1, 0.15) is 20.3 Å². The van der Waals surface area contributed by atoms with Gasteiger partial charge in [-0.2, -0.15) is 0 Å². The molecule has 0 spiro atoms. The van der Waals surface area contributed by atoms with Crippen molar-refractivity contribution in [3.63, 3.8) is 0 Å². The summed E-state index contributed by atoms with van der Waals surface area (Å²) in [6.07, 6.45) is 0.787. The largest absolute Gasteiger partial charge is 0.382 e. The van der Waals surface area contributed by atoms with Crippen LogP contribution < -0.4 is 5.56 Å². The van der Waals surface area contributed by atoms with Gasteiger partial charge in [-0.1, -0.05) is 39.8 Å². The number of hydrogen-bond acceptors (Lipinski definition) is 4. The summed E-state index contributed by atoms with van der Waals surface area (Å²) in [6.45, 7) is 9.80. The number of fused-ring (bicyclic) bond motifs is 1. The van der Waals surface area contributed by atoms with Crippen LogP contribution in [0, 0.1) is 0 Å². The molecule has 0 bridgehead atoms. The number of benzene rings is 1. The molecule has 0 fully saturated rings. The van der Waals surface area contributed by atoms with E-state index in [1.165, 1.54) is 0 Å². The van der Waals surface area contributed by atoms with E-state index >= 15 is 0 Å². The third-order valence-electron chi connectivity index (χ3n) is 3.20. The molecule has 23 heavy (non-hydrogen) atoms. The first kappa shape index (κ1) is 18.2. The van der Waals surface area contributed by atoms with E-state index < -0.39 is 0 Å². The molecular weight excluding hydrogens is 376 g/mol. The second-order valence-electron chi connectivity index (χ2n) is 5.31. The van der Waals surface area contributed by atoms with Crippen molar-refractivity contribution in [2.45, 2.75) is 32.0 Å². The van der Waals surface area contributed by atoms with Crippen LogP contribution in [-0.4, -0.2) is 28.5 Å². The van der Waals surface area contributed by atoms with Gasteiger partial charge in [-0.25, -0.2) is 4.98 Å². The second-order valence-corrected chi connectivity index (χ2v) is 7.17. The van der Waals surface area contributed by atoms with Gasteiger partial charge in [0.05, 0.1) is 10.9 Å². The number of rotatable bonds is 8. The van der Waals surface area contributed by atoms with Gasteiger partial charge >= 0.3 is 0 Å². The molecule has 6 heteroatoms.